The van der Waals surface area contributed by atoms with E-state index in [2.05, 4.69) is 39.1 Å². The zero-order valence-corrected chi connectivity index (χ0v) is 23.3. The molecule has 36 heavy (non-hydrogen) atoms. The van der Waals surface area contributed by atoms with Crippen molar-refractivity contribution in [3.05, 3.63) is 23.0 Å². The Morgan fingerprint density at radius 1 is 1.19 bits per heavy atom. The third-order valence-electron chi connectivity index (χ3n) is 11.2. The lowest BCUT2D eigenvalue weighted by Crippen LogP contribution is -2.50. The van der Waals surface area contributed by atoms with Gasteiger partial charge in [0.2, 0.25) is 5.91 Å². The number of hydrogen-bond donors (Lipinski definition) is 1. The molecule has 0 aromatic heterocycles. The van der Waals surface area contributed by atoms with Gasteiger partial charge in [-0.2, -0.15) is 0 Å². The highest BCUT2D eigenvalue weighted by atomic mass is 16.5. The molecule has 0 unspecified atom stereocenters. The normalized spacial score (nSPS) is 41.8. The first-order valence-corrected chi connectivity index (χ1v) is 14.5. The number of allylic oxidation sites excluding steroid dienone is 2. The molecule has 5 heteroatoms. The summed E-state index contributed by atoms with van der Waals surface area (Å²) in [6.07, 6.45) is 13.0. The smallest absolute Gasteiger partial charge is 0.302 e. The van der Waals surface area contributed by atoms with Gasteiger partial charge < -0.3 is 14.8 Å². The van der Waals surface area contributed by atoms with E-state index >= 15 is 0 Å². The van der Waals surface area contributed by atoms with E-state index in [-0.39, 0.29) is 23.4 Å². The molecule has 5 rings (SSSR count). The zero-order chi connectivity index (χ0) is 25.8. The van der Waals surface area contributed by atoms with E-state index in [4.69, 9.17) is 9.47 Å². The minimum Gasteiger partial charge on any atom is -0.494 e. The van der Waals surface area contributed by atoms with Gasteiger partial charge in [-0.15, -0.1) is 0 Å². The Morgan fingerprint density at radius 3 is 2.69 bits per heavy atom. The van der Waals surface area contributed by atoms with Gasteiger partial charge in [-0.25, -0.2) is 0 Å². The van der Waals surface area contributed by atoms with E-state index in [0.29, 0.717) is 23.4 Å². The van der Waals surface area contributed by atoms with Crippen molar-refractivity contribution in [3.8, 4) is 0 Å². The average Bonchev–Trinajstić information content (AvgIpc) is 3.29. The summed E-state index contributed by atoms with van der Waals surface area (Å²) >= 11 is 0. The molecule has 5 nitrogen and oxygen atoms in total. The summed E-state index contributed by atoms with van der Waals surface area (Å²) in [6, 6.07) is 0. The highest BCUT2D eigenvalue weighted by Crippen LogP contribution is 2.69. The molecular weight excluding hydrogens is 450 g/mol. The van der Waals surface area contributed by atoms with Crippen LogP contribution in [0.1, 0.15) is 99.3 Å². The van der Waals surface area contributed by atoms with E-state index in [1.54, 1.807) is 12.5 Å². The Kier molecular flexibility index (Phi) is 6.83. The molecule has 1 amide bonds. The van der Waals surface area contributed by atoms with Crippen molar-refractivity contribution in [2.45, 2.75) is 112 Å². The number of hydrogen-bond acceptors (Lipinski definition) is 4. The first-order valence-electron chi connectivity index (χ1n) is 14.5. The van der Waals surface area contributed by atoms with E-state index < -0.39 is 0 Å². The third kappa shape index (κ3) is 4.32. The first kappa shape index (κ1) is 25.9. The summed E-state index contributed by atoms with van der Waals surface area (Å²) in [5, 5.41) is 2.95. The van der Waals surface area contributed by atoms with Crippen molar-refractivity contribution in [1.82, 2.24) is 5.32 Å². The summed E-state index contributed by atoms with van der Waals surface area (Å²) in [5.41, 5.74) is 3.66. The van der Waals surface area contributed by atoms with Gasteiger partial charge in [0, 0.05) is 39.2 Å². The predicted octanol–water partition coefficient (Wildman–Crippen LogP) is 6.33. The molecule has 0 aromatic rings. The summed E-state index contributed by atoms with van der Waals surface area (Å²) in [5.74, 6) is 4.37. The third-order valence-corrected chi connectivity index (χ3v) is 11.2. The highest BCUT2D eigenvalue weighted by Gasteiger charge is 2.63. The number of carbonyl (C=O) groups excluding carboxylic acids is 2. The van der Waals surface area contributed by atoms with Crippen LogP contribution in [0, 0.1) is 40.4 Å². The molecule has 0 spiro atoms. The minimum atomic E-state index is -0.145. The van der Waals surface area contributed by atoms with Crippen LogP contribution >= 0.6 is 0 Å². The van der Waals surface area contributed by atoms with Crippen LogP contribution < -0.4 is 5.32 Å². The standard InChI is InChI=1S/C31H47NO4/c1-18(17-32-20(3)33)7-10-27-19(2)29-28(36-27)16-26-24-9-8-22-15-23(35-21(4)34)11-13-30(22,5)25(24)12-14-31(26,29)6/h8,18,23-26,28-29H,7,9-17H2,1-6H3,(H,32,33)/t18-,23+,24-,25+,26+,28-,29+,30+,31+/m1/s1. The Labute approximate surface area is 217 Å². The zero-order valence-electron chi connectivity index (χ0n) is 23.3. The Bertz CT molecular complexity index is 968. The largest absolute Gasteiger partial charge is 0.494 e. The van der Waals surface area contributed by atoms with Crippen molar-refractivity contribution in [2.24, 2.45) is 40.4 Å². The lowest BCUT2D eigenvalue weighted by Gasteiger charge is -2.58. The highest BCUT2D eigenvalue weighted by molar-refractivity contribution is 5.72. The van der Waals surface area contributed by atoms with Crippen LogP contribution in [-0.4, -0.2) is 30.6 Å². The molecule has 1 heterocycles. The second-order valence-corrected chi connectivity index (χ2v) is 13.3. The van der Waals surface area contributed by atoms with E-state index in [9.17, 15) is 9.59 Å². The maximum absolute atomic E-state index is 11.5. The molecule has 200 valence electrons. The summed E-state index contributed by atoms with van der Waals surface area (Å²) in [6.45, 7) is 13.5. The van der Waals surface area contributed by atoms with Gasteiger partial charge in [-0.05, 0) is 91.9 Å². The lowest BCUT2D eigenvalue weighted by molar-refractivity contribution is -0.148. The van der Waals surface area contributed by atoms with E-state index in [0.717, 1.165) is 56.4 Å². The van der Waals surface area contributed by atoms with Crippen molar-refractivity contribution in [2.75, 3.05) is 6.54 Å². The second-order valence-electron chi connectivity index (χ2n) is 13.3. The Morgan fingerprint density at radius 2 is 1.97 bits per heavy atom. The van der Waals surface area contributed by atoms with Crippen LogP contribution in [0.4, 0.5) is 0 Å². The fourth-order valence-electron chi connectivity index (χ4n) is 9.34. The van der Waals surface area contributed by atoms with Gasteiger partial charge in [0.15, 0.2) is 0 Å². The number of ether oxygens (including phenoxy) is 2. The van der Waals surface area contributed by atoms with Gasteiger partial charge >= 0.3 is 5.97 Å². The molecule has 3 saturated carbocycles. The maximum Gasteiger partial charge on any atom is 0.302 e. The lowest BCUT2D eigenvalue weighted by atomic mass is 9.47. The number of carbonyl (C=O) groups is 2. The van der Waals surface area contributed by atoms with Crippen LogP contribution in [0.25, 0.3) is 0 Å². The number of fused-ring (bicyclic) bond motifs is 7. The number of nitrogens with one attached hydrogen (secondary N) is 1. The van der Waals surface area contributed by atoms with Gasteiger partial charge in [-0.3, -0.25) is 9.59 Å². The predicted molar refractivity (Wildman–Crippen MR) is 141 cm³/mol. The fourth-order valence-corrected chi connectivity index (χ4v) is 9.34. The summed E-state index contributed by atoms with van der Waals surface area (Å²) in [4.78, 5) is 22.8. The molecule has 1 aliphatic heterocycles. The molecule has 9 atom stereocenters. The second kappa shape index (κ2) is 9.51. The SMILES string of the molecule is CC(=O)NC[C@H](C)CCC1=C(C)[C@H]2[C@@H](C[C@H]3[C@@H]4CC=C5C[C@@H](OC(C)=O)CC[C@]5(C)[C@H]4CC[C@@]32C)O1. The van der Waals surface area contributed by atoms with E-state index in [1.165, 1.54) is 43.9 Å². The first-order chi connectivity index (χ1) is 17.0. The van der Waals surface area contributed by atoms with Crippen LogP contribution in [0.3, 0.4) is 0 Å². The van der Waals surface area contributed by atoms with Gasteiger partial charge in [0.25, 0.3) is 0 Å². The Balaban J connectivity index is 1.29. The van der Waals surface area contributed by atoms with Gasteiger partial charge in [0.1, 0.15) is 12.2 Å². The summed E-state index contributed by atoms with van der Waals surface area (Å²) < 4.78 is 12.3. The molecule has 0 bridgehead atoms. The molecule has 0 saturated heterocycles. The topological polar surface area (TPSA) is 64.6 Å². The minimum absolute atomic E-state index is 0.0504. The quantitative estimate of drug-likeness (QED) is 0.344. The number of amides is 1. The summed E-state index contributed by atoms with van der Waals surface area (Å²) in [7, 11) is 0. The van der Waals surface area contributed by atoms with Crippen LogP contribution in [0.5, 0.6) is 0 Å². The number of rotatable bonds is 6. The Hall–Kier alpha value is -1.78. The maximum atomic E-state index is 11.5. The molecule has 0 radical (unpaired) electrons. The molecule has 0 aromatic carbocycles. The van der Waals surface area contributed by atoms with Crippen LogP contribution in [0.2, 0.25) is 0 Å². The fraction of sp³-hybridized carbons (Fsp3) is 0.806. The number of esters is 1. The van der Waals surface area contributed by atoms with Crippen LogP contribution in [0.15, 0.2) is 23.0 Å². The average molecular weight is 498 g/mol. The van der Waals surface area contributed by atoms with Crippen molar-refractivity contribution in [1.29, 1.82) is 0 Å². The molecule has 5 aliphatic rings. The van der Waals surface area contributed by atoms with Gasteiger partial charge in [0.05, 0.1) is 5.76 Å². The van der Waals surface area contributed by atoms with Crippen molar-refractivity contribution in [3.63, 3.8) is 0 Å². The molecule has 4 aliphatic carbocycles. The molecule has 1 N–H and O–H groups in total. The van der Waals surface area contributed by atoms with Crippen molar-refractivity contribution < 1.29 is 19.1 Å². The van der Waals surface area contributed by atoms with Gasteiger partial charge in [-0.1, -0.05) is 32.4 Å². The van der Waals surface area contributed by atoms with E-state index in [1.807, 2.05) is 0 Å². The van der Waals surface area contributed by atoms with Crippen LogP contribution in [-0.2, 0) is 19.1 Å². The molecule has 3 fully saturated rings. The monoisotopic (exact) mass is 497 g/mol. The molecular formula is C31H47NO4. The van der Waals surface area contributed by atoms with Crippen molar-refractivity contribution >= 4 is 11.9 Å².